The topological polar surface area (TPSA) is 66.8 Å². The lowest BCUT2D eigenvalue weighted by atomic mass is 10.1. The van der Waals surface area contributed by atoms with Gasteiger partial charge in [-0.1, -0.05) is 35.9 Å². The maximum absolute atomic E-state index is 12.1. The van der Waals surface area contributed by atoms with Crippen molar-refractivity contribution in [3.05, 3.63) is 64.7 Å². The number of ether oxygens (including phenoxy) is 1. The maximum Gasteiger partial charge on any atom is 0.342 e. The molecule has 0 saturated heterocycles. The van der Waals surface area contributed by atoms with Crippen molar-refractivity contribution in [3.63, 3.8) is 0 Å². The number of aromatic hydroxyl groups is 1. The molecule has 0 saturated carbocycles. The Bertz CT molecular complexity index is 738. The lowest BCUT2D eigenvalue weighted by Gasteiger charge is -2.17. The predicted octanol–water partition coefficient (Wildman–Crippen LogP) is 2.82. The zero-order chi connectivity index (χ0) is 17.7. The minimum atomic E-state index is -0.718. The summed E-state index contributed by atoms with van der Waals surface area (Å²) in [4.78, 5) is 25.5. The van der Waals surface area contributed by atoms with Crippen LogP contribution in [-0.4, -0.2) is 35.5 Å². The molecular formula is C19H21NO4. The lowest BCUT2D eigenvalue weighted by Crippen LogP contribution is -2.30. The fourth-order valence-corrected chi connectivity index (χ4v) is 2.19. The highest BCUT2D eigenvalue weighted by molar-refractivity contribution is 5.93. The van der Waals surface area contributed by atoms with Crippen molar-refractivity contribution in [1.29, 1.82) is 0 Å². The van der Waals surface area contributed by atoms with Crippen LogP contribution < -0.4 is 0 Å². The van der Waals surface area contributed by atoms with E-state index in [-0.39, 0.29) is 23.8 Å². The van der Waals surface area contributed by atoms with Crippen molar-refractivity contribution < 1.29 is 19.4 Å². The first-order chi connectivity index (χ1) is 11.4. The van der Waals surface area contributed by atoms with E-state index in [0.29, 0.717) is 6.54 Å². The highest BCUT2D eigenvalue weighted by atomic mass is 16.5. The molecule has 126 valence electrons. The Morgan fingerprint density at radius 3 is 2.29 bits per heavy atom. The Morgan fingerprint density at radius 2 is 1.67 bits per heavy atom. The Morgan fingerprint density at radius 1 is 1.04 bits per heavy atom. The first-order valence-corrected chi connectivity index (χ1v) is 7.63. The Kier molecular flexibility index (Phi) is 5.58. The van der Waals surface area contributed by atoms with E-state index < -0.39 is 5.97 Å². The van der Waals surface area contributed by atoms with Crippen molar-refractivity contribution in [2.75, 3.05) is 13.7 Å². The van der Waals surface area contributed by atoms with Crippen LogP contribution in [0.1, 0.15) is 27.0 Å². The summed E-state index contributed by atoms with van der Waals surface area (Å²) in [5.41, 5.74) is 3.03. The molecule has 0 heterocycles. The van der Waals surface area contributed by atoms with Crippen LogP contribution in [0.4, 0.5) is 0 Å². The minimum Gasteiger partial charge on any atom is -0.507 e. The second kappa shape index (κ2) is 7.64. The number of rotatable bonds is 5. The maximum atomic E-state index is 12.1. The molecule has 0 aromatic heterocycles. The molecule has 0 unspecified atom stereocenters. The van der Waals surface area contributed by atoms with E-state index in [2.05, 4.69) is 0 Å². The quantitative estimate of drug-likeness (QED) is 0.858. The molecule has 0 radical (unpaired) electrons. The van der Waals surface area contributed by atoms with Crippen LogP contribution >= 0.6 is 0 Å². The summed E-state index contributed by atoms with van der Waals surface area (Å²) in [5, 5.41) is 9.76. The molecule has 2 aromatic rings. The van der Waals surface area contributed by atoms with Crippen LogP contribution in [0.25, 0.3) is 0 Å². The normalized spacial score (nSPS) is 10.3. The molecule has 0 aliphatic heterocycles. The van der Waals surface area contributed by atoms with Crippen LogP contribution in [0, 0.1) is 13.8 Å². The van der Waals surface area contributed by atoms with Gasteiger partial charge in [0.25, 0.3) is 5.91 Å². The molecule has 0 fully saturated rings. The van der Waals surface area contributed by atoms with Crippen molar-refractivity contribution in [2.24, 2.45) is 0 Å². The van der Waals surface area contributed by atoms with E-state index in [1.807, 2.05) is 31.2 Å². The van der Waals surface area contributed by atoms with Crippen LogP contribution in [-0.2, 0) is 16.1 Å². The molecule has 0 aliphatic rings. The third-order valence-electron chi connectivity index (χ3n) is 3.67. The van der Waals surface area contributed by atoms with Gasteiger partial charge >= 0.3 is 5.97 Å². The third kappa shape index (κ3) is 4.59. The van der Waals surface area contributed by atoms with Gasteiger partial charge in [0.1, 0.15) is 11.3 Å². The molecule has 5 nitrogen and oxygen atoms in total. The number of benzene rings is 2. The number of nitrogens with zero attached hydrogens (tertiary/aromatic N) is 1. The summed E-state index contributed by atoms with van der Waals surface area (Å²) in [6.07, 6.45) is 0. The number of carbonyl (C=O) groups excluding carboxylic acids is 2. The third-order valence-corrected chi connectivity index (χ3v) is 3.67. The molecule has 1 amide bonds. The zero-order valence-corrected chi connectivity index (χ0v) is 14.1. The number of hydrogen-bond donors (Lipinski definition) is 1. The average molecular weight is 327 g/mol. The molecule has 0 atom stereocenters. The number of phenols is 1. The molecule has 0 aliphatic carbocycles. The molecule has 0 bridgehead atoms. The second-order valence-corrected chi connectivity index (χ2v) is 5.83. The summed E-state index contributed by atoms with van der Waals surface area (Å²) in [5.74, 6) is -1.18. The number of likely N-dealkylation sites (N-methyl/N-ethyl adjacent to an activating group) is 1. The summed E-state index contributed by atoms with van der Waals surface area (Å²) >= 11 is 0. The Balaban J connectivity index is 1.89. The number of amides is 1. The number of hydrogen-bond acceptors (Lipinski definition) is 4. The molecule has 1 N–H and O–H groups in total. The molecule has 24 heavy (non-hydrogen) atoms. The summed E-state index contributed by atoms with van der Waals surface area (Å²) in [6.45, 7) is 3.87. The van der Waals surface area contributed by atoms with Gasteiger partial charge in [0, 0.05) is 13.6 Å². The van der Waals surface area contributed by atoms with Gasteiger partial charge in [-0.15, -0.1) is 0 Å². The van der Waals surface area contributed by atoms with Crippen molar-refractivity contribution >= 4 is 11.9 Å². The van der Waals surface area contributed by atoms with Crippen LogP contribution in [0.5, 0.6) is 5.75 Å². The SMILES string of the molecule is Cc1ccc(CN(C)C(=O)COC(=O)c2ccc(C)cc2O)cc1. The average Bonchev–Trinajstić information content (AvgIpc) is 2.54. The molecule has 2 rings (SSSR count). The van der Waals surface area contributed by atoms with E-state index in [1.54, 1.807) is 20.0 Å². The van der Waals surface area contributed by atoms with Crippen molar-refractivity contribution in [1.82, 2.24) is 4.90 Å². The monoisotopic (exact) mass is 327 g/mol. The van der Waals surface area contributed by atoms with Gasteiger partial charge in [-0.2, -0.15) is 0 Å². The summed E-state index contributed by atoms with van der Waals surface area (Å²) < 4.78 is 5.00. The van der Waals surface area contributed by atoms with E-state index in [4.69, 9.17) is 4.74 Å². The summed E-state index contributed by atoms with van der Waals surface area (Å²) in [6, 6.07) is 12.5. The number of aryl methyl sites for hydroxylation is 2. The number of esters is 1. The lowest BCUT2D eigenvalue weighted by molar-refractivity contribution is -0.133. The first kappa shape index (κ1) is 17.5. The molecule has 2 aromatic carbocycles. The fourth-order valence-electron chi connectivity index (χ4n) is 2.19. The van der Waals surface area contributed by atoms with Crippen molar-refractivity contribution in [3.8, 4) is 5.75 Å². The number of carbonyl (C=O) groups is 2. The largest absolute Gasteiger partial charge is 0.507 e. The standard InChI is InChI=1S/C19H21NO4/c1-13-4-7-15(8-5-13)11-20(3)18(22)12-24-19(23)16-9-6-14(2)10-17(16)21/h4-10,21H,11-12H2,1-3H3. The van der Waals surface area contributed by atoms with Gasteiger partial charge in [0.15, 0.2) is 6.61 Å². The zero-order valence-electron chi connectivity index (χ0n) is 14.1. The smallest absolute Gasteiger partial charge is 0.342 e. The highest BCUT2D eigenvalue weighted by Crippen LogP contribution is 2.19. The van der Waals surface area contributed by atoms with Crippen LogP contribution in [0.15, 0.2) is 42.5 Å². The van der Waals surface area contributed by atoms with Gasteiger partial charge < -0.3 is 14.7 Å². The van der Waals surface area contributed by atoms with E-state index in [9.17, 15) is 14.7 Å². The van der Waals surface area contributed by atoms with Crippen LogP contribution in [0.2, 0.25) is 0 Å². The molecular weight excluding hydrogens is 306 g/mol. The predicted molar refractivity (Wildman–Crippen MR) is 90.8 cm³/mol. The fraction of sp³-hybridized carbons (Fsp3) is 0.263. The molecule has 0 spiro atoms. The van der Waals surface area contributed by atoms with Gasteiger partial charge in [0.05, 0.1) is 0 Å². The van der Waals surface area contributed by atoms with Gasteiger partial charge in [-0.05, 0) is 37.1 Å². The number of phenolic OH excluding ortho intramolecular Hbond substituents is 1. The Labute approximate surface area is 141 Å². The van der Waals surface area contributed by atoms with E-state index in [0.717, 1.165) is 16.7 Å². The van der Waals surface area contributed by atoms with Gasteiger partial charge in [-0.3, -0.25) is 4.79 Å². The van der Waals surface area contributed by atoms with Crippen LogP contribution in [0.3, 0.4) is 0 Å². The van der Waals surface area contributed by atoms with Gasteiger partial charge in [0.2, 0.25) is 0 Å². The summed E-state index contributed by atoms with van der Waals surface area (Å²) in [7, 11) is 1.65. The second-order valence-electron chi connectivity index (χ2n) is 5.83. The molecule has 5 heteroatoms. The minimum absolute atomic E-state index is 0.0505. The van der Waals surface area contributed by atoms with E-state index >= 15 is 0 Å². The Hall–Kier alpha value is -2.82. The van der Waals surface area contributed by atoms with Crippen molar-refractivity contribution in [2.45, 2.75) is 20.4 Å². The first-order valence-electron chi connectivity index (χ1n) is 7.63. The van der Waals surface area contributed by atoms with E-state index in [1.165, 1.54) is 17.0 Å². The van der Waals surface area contributed by atoms with Gasteiger partial charge in [-0.25, -0.2) is 4.79 Å². The highest BCUT2D eigenvalue weighted by Gasteiger charge is 2.16.